The van der Waals surface area contributed by atoms with Gasteiger partial charge in [0, 0.05) is 39.8 Å². The summed E-state index contributed by atoms with van der Waals surface area (Å²) < 4.78 is 11.3. The molecule has 0 N–H and O–H groups in total. The zero-order valence-electron chi connectivity index (χ0n) is 15.1. The minimum atomic E-state index is -1.57. The molecule has 0 aromatic carbocycles. The van der Waals surface area contributed by atoms with Crippen molar-refractivity contribution < 1.29 is 4.43 Å². The van der Waals surface area contributed by atoms with Crippen LogP contribution in [0.15, 0.2) is 11.5 Å². The van der Waals surface area contributed by atoms with Crippen LogP contribution >= 0.6 is 34.0 Å². The van der Waals surface area contributed by atoms with Gasteiger partial charge in [0.05, 0.1) is 14.2 Å². The summed E-state index contributed by atoms with van der Waals surface area (Å²) >= 11 is 5.96. The third kappa shape index (κ3) is 2.81. The van der Waals surface area contributed by atoms with Crippen LogP contribution in [0.25, 0.3) is 26.2 Å². The van der Waals surface area contributed by atoms with Gasteiger partial charge in [-0.1, -0.05) is 25.7 Å². The Bertz CT molecular complexity index is 947. The van der Waals surface area contributed by atoms with Crippen molar-refractivity contribution in [3.05, 3.63) is 21.2 Å². The van der Waals surface area contributed by atoms with Crippen LogP contribution in [-0.4, -0.2) is 16.4 Å². The molecule has 0 spiro atoms. The summed E-state index contributed by atoms with van der Waals surface area (Å²) in [5, 5.41) is 5.39. The van der Waals surface area contributed by atoms with Gasteiger partial charge in [-0.3, -0.25) is 0 Å². The number of rotatable bonds is 3. The molecule has 0 amide bonds. The van der Waals surface area contributed by atoms with Crippen LogP contribution in [0.5, 0.6) is 0 Å². The van der Waals surface area contributed by atoms with Gasteiger partial charge in [0.25, 0.3) is 0 Å². The van der Waals surface area contributed by atoms with E-state index in [4.69, 9.17) is 4.43 Å². The first kappa shape index (κ1) is 17.2. The van der Waals surface area contributed by atoms with E-state index in [1.165, 1.54) is 25.2 Å². The van der Waals surface area contributed by atoms with Gasteiger partial charge < -0.3 is 4.43 Å². The number of thiophene rings is 3. The van der Waals surface area contributed by atoms with Crippen LogP contribution in [0.3, 0.4) is 0 Å². The lowest BCUT2D eigenvalue weighted by atomic mass is 10.1. The molecule has 0 saturated heterocycles. The lowest BCUT2D eigenvalue weighted by Crippen LogP contribution is -2.35. The molecule has 1 unspecified atom stereocenters. The van der Waals surface area contributed by atoms with E-state index < -0.39 is 16.4 Å². The molecular formula is C18H24OS3Si2. The smallest absolute Gasteiger partial charge is 0.184 e. The largest absolute Gasteiger partial charge is 0.410 e. The summed E-state index contributed by atoms with van der Waals surface area (Å²) in [6.07, 6.45) is 5.94. The molecule has 0 aliphatic heterocycles. The number of hydrogen-bond donors (Lipinski definition) is 0. The molecule has 0 saturated carbocycles. The first-order chi connectivity index (χ1) is 11.1. The SMILES string of the molecule is C[Si](C)(C)OC1C/C=C\c2sc([Si](C)(C)C)c3sc4csc1c4c23. The molecule has 0 fully saturated rings. The molecule has 0 bridgehead atoms. The highest BCUT2D eigenvalue weighted by Crippen LogP contribution is 2.48. The second-order valence-electron chi connectivity index (χ2n) is 8.55. The third-order valence-corrected chi connectivity index (χ3v) is 12.6. The summed E-state index contributed by atoms with van der Waals surface area (Å²) in [4.78, 5) is 2.93. The maximum Gasteiger partial charge on any atom is 0.184 e. The molecule has 1 nitrogen and oxygen atoms in total. The lowest BCUT2D eigenvalue weighted by Gasteiger charge is -2.25. The molecule has 1 aliphatic carbocycles. The van der Waals surface area contributed by atoms with Crippen molar-refractivity contribution in [1.29, 1.82) is 0 Å². The van der Waals surface area contributed by atoms with Gasteiger partial charge in [-0.05, 0) is 32.1 Å². The van der Waals surface area contributed by atoms with Gasteiger partial charge in [0.1, 0.15) is 0 Å². The van der Waals surface area contributed by atoms with Crippen molar-refractivity contribution in [2.24, 2.45) is 0 Å². The van der Waals surface area contributed by atoms with Crippen LogP contribution in [0, 0.1) is 0 Å². The fourth-order valence-corrected chi connectivity index (χ4v) is 11.4. The highest BCUT2D eigenvalue weighted by Gasteiger charge is 2.31. The van der Waals surface area contributed by atoms with E-state index >= 15 is 0 Å². The fraction of sp³-hybridized carbons (Fsp3) is 0.444. The predicted molar refractivity (Wildman–Crippen MR) is 119 cm³/mol. The zero-order valence-corrected chi connectivity index (χ0v) is 19.6. The van der Waals surface area contributed by atoms with Crippen molar-refractivity contribution in [2.75, 3.05) is 0 Å². The molecule has 3 aromatic rings. The quantitative estimate of drug-likeness (QED) is 0.423. The first-order valence-corrected chi connectivity index (χ1v) is 17.9. The molecule has 128 valence electrons. The predicted octanol–water partition coefficient (Wildman–Crippen LogP) is 7.03. The van der Waals surface area contributed by atoms with Crippen molar-refractivity contribution in [3.8, 4) is 0 Å². The zero-order chi connectivity index (χ0) is 17.3. The molecule has 24 heavy (non-hydrogen) atoms. The normalized spacial score (nSPS) is 20.0. The van der Waals surface area contributed by atoms with Crippen molar-refractivity contribution >= 4 is 81.2 Å². The second-order valence-corrected chi connectivity index (χ2v) is 21.4. The van der Waals surface area contributed by atoms with Crippen molar-refractivity contribution in [1.82, 2.24) is 0 Å². The van der Waals surface area contributed by atoms with Gasteiger partial charge in [0.2, 0.25) is 0 Å². The van der Waals surface area contributed by atoms with Gasteiger partial charge in [0.15, 0.2) is 8.32 Å². The van der Waals surface area contributed by atoms with Gasteiger partial charge >= 0.3 is 0 Å². The highest BCUT2D eigenvalue weighted by atomic mass is 32.1. The van der Waals surface area contributed by atoms with E-state index in [0.29, 0.717) is 0 Å². The maximum absolute atomic E-state index is 6.57. The molecule has 3 aromatic heterocycles. The summed E-state index contributed by atoms with van der Waals surface area (Å²) in [5.41, 5.74) is 0. The van der Waals surface area contributed by atoms with Gasteiger partial charge in [-0.25, -0.2) is 0 Å². The summed E-state index contributed by atoms with van der Waals surface area (Å²) in [7, 11) is -2.89. The molecule has 3 heterocycles. The molecule has 1 atom stereocenters. The Morgan fingerprint density at radius 1 is 1.04 bits per heavy atom. The van der Waals surface area contributed by atoms with E-state index in [1.54, 1.807) is 9.20 Å². The standard InChI is InChI=1S/C18H24OS3Si2/c1-23(2,3)18-17-14-12(22-18)9-7-8-11(19-24(4,5)6)16-15(14)13(21-17)10-20-16/h7,9-11H,8H2,1-6H3/b9-7-. The summed E-state index contributed by atoms with van der Waals surface area (Å²) in [6.45, 7) is 14.3. The van der Waals surface area contributed by atoms with Crippen molar-refractivity contribution in [2.45, 2.75) is 51.8 Å². The van der Waals surface area contributed by atoms with Crippen LogP contribution in [0.1, 0.15) is 22.3 Å². The Kier molecular flexibility index (Phi) is 4.03. The Hall–Kier alpha value is -0.246. The second kappa shape index (κ2) is 5.62. The van der Waals surface area contributed by atoms with Crippen LogP contribution in [0.2, 0.25) is 39.3 Å². The van der Waals surface area contributed by atoms with E-state index in [0.717, 1.165) is 6.42 Å². The average molecular weight is 409 g/mol. The Labute approximate surface area is 158 Å². The van der Waals surface area contributed by atoms with E-state index in [2.05, 4.69) is 56.8 Å². The average Bonchev–Trinajstić information content (AvgIpc) is 3.02. The monoisotopic (exact) mass is 408 g/mol. The van der Waals surface area contributed by atoms with E-state index in [1.807, 2.05) is 34.0 Å². The van der Waals surface area contributed by atoms with Gasteiger partial charge in [-0.15, -0.1) is 34.0 Å². The van der Waals surface area contributed by atoms with E-state index in [-0.39, 0.29) is 6.10 Å². The Balaban J connectivity index is 2.00. The lowest BCUT2D eigenvalue weighted by molar-refractivity contribution is 0.207. The maximum atomic E-state index is 6.57. The molecule has 6 heteroatoms. The Morgan fingerprint density at radius 3 is 2.46 bits per heavy atom. The molecular weight excluding hydrogens is 385 g/mol. The van der Waals surface area contributed by atoms with Crippen molar-refractivity contribution in [3.63, 3.8) is 0 Å². The molecule has 4 rings (SSSR count). The minimum absolute atomic E-state index is 0.233. The molecule has 0 radical (unpaired) electrons. The van der Waals surface area contributed by atoms with Crippen LogP contribution in [-0.2, 0) is 4.43 Å². The van der Waals surface area contributed by atoms with E-state index in [9.17, 15) is 0 Å². The molecule has 1 aliphatic rings. The Morgan fingerprint density at radius 2 is 1.79 bits per heavy atom. The minimum Gasteiger partial charge on any atom is -0.410 e. The third-order valence-electron chi connectivity index (χ3n) is 4.23. The number of hydrogen-bond acceptors (Lipinski definition) is 4. The van der Waals surface area contributed by atoms with Crippen LogP contribution in [0.4, 0.5) is 0 Å². The summed E-state index contributed by atoms with van der Waals surface area (Å²) in [5.74, 6) is 0. The fourth-order valence-electron chi connectivity index (χ4n) is 3.34. The summed E-state index contributed by atoms with van der Waals surface area (Å²) in [6, 6.07) is 0. The first-order valence-electron chi connectivity index (χ1n) is 8.46. The topological polar surface area (TPSA) is 9.23 Å². The van der Waals surface area contributed by atoms with Gasteiger partial charge in [-0.2, -0.15) is 0 Å². The highest BCUT2D eigenvalue weighted by molar-refractivity contribution is 7.38. The van der Waals surface area contributed by atoms with Crippen LogP contribution < -0.4 is 4.50 Å².